The number of rotatable bonds is 6. The standard InChI is InChI=1S/C19H22N2O3/c1-4-14-9-5-7-11-16(14)20-18(22)13-21(2)19(23)15-10-6-8-12-17(15)24-3/h5-12H,4,13H2,1-3H3,(H,20,22). The number of carbonyl (C=O) groups is 2. The number of hydrogen-bond donors (Lipinski definition) is 1. The average Bonchev–Trinajstić information content (AvgIpc) is 2.61. The van der Waals surface area contributed by atoms with Gasteiger partial charge in [-0.15, -0.1) is 0 Å². The van der Waals surface area contributed by atoms with Crippen molar-refractivity contribution in [3.63, 3.8) is 0 Å². The van der Waals surface area contributed by atoms with Crippen LogP contribution in [0.3, 0.4) is 0 Å². The Morgan fingerprint density at radius 2 is 1.75 bits per heavy atom. The smallest absolute Gasteiger partial charge is 0.257 e. The first kappa shape index (κ1) is 17.5. The van der Waals surface area contributed by atoms with Crippen LogP contribution in [0.5, 0.6) is 5.75 Å². The number of nitrogens with zero attached hydrogens (tertiary/aromatic N) is 1. The molecule has 0 heterocycles. The minimum atomic E-state index is -0.258. The van der Waals surface area contributed by atoms with E-state index in [1.165, 1.54) is 12.0 Å². The van der Waals surface area contributed by atoms with E-state index in [-0.39, 0.29) is 18.4 Å². The van der Waals surface area contributed by atoms with Crippen LogP contribution in [0, 0.1) is 0 Å². The molecule has 5 nitrogen and oxygen atoms in total. The summed E-state index contributed by atoms with van der Waals surface area (Å²) >= 11 is 0. The number of benzene rings is 2. The molecule has 0 aliphatic heterocycles. The highest BCUT2D eigenvalue weighted by Gasteiger charge is 2.18. The van der Waals surface area contributed by atoms with Gasteiger partial charge in [0.1, 0.15) is 5.75 Å². The van der Waals surface area contributed by atoms with E-state index in [4.69, 9.17) is 4.74 Å². The molecule has 2 aromatic rings. The molecule has 0 bridgehead atoms. The second-order valence-corrected chi connectivity index (χ2v) is 5.42. The summed E-state index contributed by atoms with van der Waals surface area (Å²) in [4.78, 5) is 26.1. The summed E-state index contributed by atoms with van der Waals surface area (Å²) in [5.41, 5.74) is 2.27. The van der Waals surface area contributed by atoms with Gasteiger partial charge in [0, 0.05) is 12.7 Å². The SMILES string of the molecule is CCc1ccccc1NC(=O)CN(C)C(=O)c1ccccc1OC. The van der Waals surface area contributed by atoms with Crippen LogP contribution in [-0.4, -0.2) is 37.4 Å². The van der Waals surface area contributed by atoms with E-state index in [0.717, 1.165) is 17.7 Å². The van der Waals surface area contributed by atoms with E-state index in [1.54, 1.807) is 31.3 Å². The summed E-state index contributed by atoms with van der Waals surface area (Å²) in [6, 6.07) is 14.6. The van der Waals surface area contributed by atoms with Crippen LogP contribution in [0.15, 0.2) is 48.5 Å². The quantitative estimate of drug-likeness (QED) is 0.888. The first-order valence-electron chi connectivity index (χ1n) is 7.83. The third kappa shape index (κ3) is 4.13. The molecule has 0 aromatic heterocycles. The molecular weight excluding hydrogens is 304 g/mol. The predicted molar refractivity (Wildman–Crippen MR) is 94.4 cm³/mol. The highest BCUT2D eigenvalue weighted by molar-refractivity contribution is 6.00. The van der Waals surface area contributed by atoms with E-state index >= 15 is 0 Å². The average molecular weight is 326 g/mol. The van der Waals surface area contributed by atoms with Crippen LogP contribution >= 0.6 is 0 Å². The lowest BCUT2D eigenvalue weighted by atomic mass is 10.1. The maximum atomic E-state index is 12.5. The van der Waals surface area contributed by atoms with Crippen LogP contribution in [-0.2, 0) is 11.2 Å². The fourth-order valence-corrected chi connectivity index (χ4v) is 2.45. The molecular formula is C19H22N2O3. The number of methoxy groups -OCH3 is 1. The van der Waals surface area contributed by atoms with Crippen molar-refractivity contribution in [3.8, 4) is 5.75 Å². The summed E-state index contributed by atoms with van der Waals surface area (Å²) in [5.74, 6) is -0.000823. The van der Waals surface area contributed by atoms with Gasteiger partial charge in [0.05, 0.1) is 19.2 Å². The van der Waals surface area contributed by atoms with Gasteiger partial charge in [-0.1, -0.05) is 37.3 Å². The molecule has 126 valence electrons. The number of hydrogen-bond acceptors (Lipinski definition) is 3. The summed E-state index contributed by atoms with van der Waals surface area (Å²) in [6.45, 7) is 2.00. The topological polar surface area (TPSA) is 58.6 Å². The summed E-state index contributed by atoms with van der Waals surface area (Å²) in [7, 11) is 3.11. The van der Waals surface area contributed by atoms with Gasteiger partial charge in [0.2, 0.25) is 5.91 Å². The largest absolute Gasteiger partial charge is 0.496 e. The summed E-state index contributed by atoms with van der Waals surface area (Å²) in [5, 5.41) is 2.86. The van der Waals surface area contributed by atoms with Crippen molar-refractivity contribution in [1.29, 1.82) is 0 Å². The van der Waals surface area contributed by atoms with Gasteiger partial charge in [-0.25, -0.2) is 0 Å². The van der Waals surface area contributed by atoms with Gasteiger partial charge in [0.15, 0.2) is 0 Å². The lowest BCUT2D eigenvalue weighted by Gasteiger charge is -2.18. The number of ether oxygens (including phenoxy) is 1. The molecule has 0 fully saturated rings. The number of likely N-dealkylation sites (N-methyl/N-ethyl adjacent to an activating group) is 1. The zero-order valence-electron chi connectivity index (χ0n) is 14.2. The van der Waals surface area contributed by atoms with Crippen molar-refractivity contribution in [2.75, 3.05) is 26.0 Å². The molecule has 0 spiro atoms. The van der Waals surface area contributed by atoms with Crippen LogP contribution in [0.4, 0.5) is 5.69 Å². The third-order valence-electron chi connectivity index (χ3n) is 3.74. The fourth-order valence-electron chi connectivity index (χ4n) is 2.45. The van der Waals surface area contributed by atoms with Crippen molar-refractivity contribution in [1.82, 2.24) is 4.90 Å². The maximum Gasteiger partial charge on any atom is 0.257 e. The van der Waals surface area contributed by atoms with E-state index in [1.807, 2.05) is 31.2 Å². The normalized spacial score (nSPS) is 10.1. The zero-order valence-corrected chi connectivity index (χ0v) is 14.2. The molecule has 0 saturated carbocycles. The zero-order chi connectivity index (χ0) is 17.5. The monoisotopic (exact) mass is 326 g/mol. The summed E-state index contributed by atoms with van der Waals surface area (Å²) in [6.07, 6.45) is 0.826. The number of carbonyl (C=O) groups excluding carboxylic acids is 2. The Kier molecular flexibility index (Phi) is 5.95. The molecule has 0 atom stereocenters. The van der Waals surface area contributed by atoms with Gasteiger partial charge < -0.3 is 15.0 Å². The Morgan fingerprint density at radius 1 is 1.08 bits per heavy atom. The Hall–Kier alpha value is -2.82. The van der Waals surface area contributed by atoms with Crippen molar-refractivity contribution in [3.05, 3.63) is 59.7 Å². The number of aryl methyl sites for hydroxylation is 1. The second kappa shape index (κ2) is 8.15. The van der Waals surface area contributed by atoms with Gasteiger partial charge >= 0.3 is 0 Å². The fraction of sp³-hybridized carbons (Fsp3) is 0.263. The summed E-state index contributed by atoms with van der Waals surface area (Å²) < 4.78 is 5.20. The predicted octanol–water partition coefficient (Wildman–Crippen LogP) is 2.97. The number of amides is 2. The first-order valence-corrected chi connectivity index (χ1v) is 7.83. The third-order valence-corrected chi connectivity index (χ3v) is 3.74. The first-order chi connectivity index (χ1) is 11.6. The highest BCUT2D eigenvalue weighted by atomic mass is 16.5. The minimum Gasteiger partial charge on any atom is -0.496 e. The Labute approximate surface area is 142 Å². The molecule has 2 amide bonds. The van der Waals surface area contributed by atoms with Crippen molar-refractivity contribution < 1.29 is 14.3 Å². The van der Waals surface area contributed by atoms with Crippen LogP contribution in [0.25, 0.3) is 0 Å². The van der Waals surface area contributed by atoms with Crippen LogP contribution in [0.1, 0.15) is 22.8 Å². The number of nitrogens with one attached hydrogen (secondary N) is 1. The molecule has 2 rings (SSSR count). The molecule has 24 heavy (non-hydrogen) atoms. The van der Waals surface area contributed by atoms with E-state index in [0.29, 0.717) is 11.3 Å². The van der Waals surface area contributed by atoms with Crippen molar-refractivity contribution in [2.24, 2.45) is 0 Å². The molecule has 0 saturated heterocycles. The van der Waals surface area contributed by atoms with Crippen molar-refractivity contribution >= 4 is 17.5 Å². The number of para-hydroxylation sites is 2. The molecule has 2 aromatic carbocycles. The van der Waals surface area contributed by atoms with E-state index in [2.05, 4.69) is 5.32 Å². The van der Waals surface area contributed by atoms with Gasteiger partial charge in [-0.05, 0) is 30.2 Å². The molecule has 0 unspecified atom stereocenters. The minimum absolute atomic E-state index is 0.0328. The van der Waals surface area contributed by atoms with Crippen LogP contribution in [0.2, 0.25) is 0 Å². The lowest BCUT2D eigenvalue weighted by Crippen LogP contribution is -2.35. The van der Waals surface area contributed by atoms with Gasteiger partial charge in [-0.2, -0.15) is 0 Å². The molecule has 0 radical (unpaired) electrons. The maximum absolute atomic E-state index is 12.5. The molecule has 5 heteroatoms. The van der Waals surface area contributed by atoms with Gasteiger partial charge in [-0.3, -0.25) is 9.59 Å². The lowest BCUT2D eigenvalue weighted by molar-refractivity contribution is -0.116. The highest BCUT2D eigenvalue weighted by Crippen LogP contribution is 2.19. The Bertz CT molecular complexity index is 728. The second-order valence-electron chi connectivity index (χ2n) is 5.42. The van der Waals surface area contributed by atoms with Gasteiger partial charge in [0.25, 0.3) is 5.91 Å². The Morgan fingerprint density at radius 3 is 2.46 bits per heavy atom. The Balaban J connectivity index is 2.04. The molecule has 0 aliphatic carbocycles. The van der Waals surface area contributed by atoms with E-state index < -0.39 is 0 Å². The van der Waals surface area contributed by atoms with Crippen molar-refractivity contribution in [2.45, 2.75) is 13.3 Å². The number of anilines is 1. The molecule has 1 N–H and O–H groups in total. The van der Waals surface area contributed by atoms with E-state index in [9.17, 15) is 9.59 Å². The van der Waals surface area contributed by atoms with Crippen LogP contribution < -0.4 is 10.1 Å². The molecule has 0 aliphatic rings.